The van der Waals surface area contributed by atoms with E-state index in [2.05, 4.69) is 128 Å². The molecule has 1 aliphatic heterocycles. The van der Waals surface area contributed by atoms with Crippen LogP contribution in [0.25, 0.3) is 0 Å². The van der Waals surface area contributed by atoms with E-state index in [1.54, 1.807) is 0 Å². The lowest BCUT2D eigenvalue weighted by Crippen LogP contribution is -2.40. The van der Waals surface area contributed by atoms with Crippen LogP contribution in [0.3, 0.4) is 0 Å². The second kappa shape index (κ2) is 10.1. The Morgan fingerprint density at radius 1 is 0.647 bits per heavy atom. The van der Waals surface area contributed by atoms with Gasteiger partial charge in [-0.15, -0.1) is 0 Å². The third-order valence-electron chi connectivity index (χ3n) is 6.15. The topological polar surface area (TPSA) is 24.7 Å². The van der Waals surface area contributed by atoms with Crippen molar-refractivity contribution in [3.63, 3.8) is 0 Å². The first-order valence-electron chi connectivity index (χ1n) is 11.5. The lowest BCUT2D eigenvalue weighted by molar-refractivity contribution is 0.748. The normalized spacial score (nSPS) is 17.5. The van der Waals surface area contributed by atoms with Gasteiger partial charge in [0.2, 0.25) is 4.99 Å². The van der Waals surface area contributed by atoms with Crippen LogP contribution in [0.5, 0.6) is 0 Å². The molecule has 0 spiro atoms. The number of benzene rings is 4. The van der Waals surface area contributed by atoms with E-state index in [1.165, 1.54) is 21.5 Å². The molecule has 5 rings (SSSR count). The third-order valence-corrected chi connectivity index (χ3v) is 12.1. The number of hydrogen-bond acceptors (Lipinski definition) is 3. The minimum absolute atomic E-state index is 0.560. The van der Waals surface area contributed by atoms with Crippen molar-refractivity contribution >= 4 is 46.9 Å². The van der Waals surface area contributed by atoms with E-state index in [1.807, 2.05) is 18.0 Å². The van der Waals surface area contributed by atoms with Gasteiger partial charge < -0.3 is 0 Å². The molecular formula is C30H28N2PS+. The second-order valence-corrected chi connectivity index (χ2v) is 13.2. The van der Waals surface area contributed by atoms with Gasteiger partial charge in [0.1, 0.15) is 29.3 Å². The fourth-order valence-corrected chi connectivity index (χ4v) is 10.7. The summed E-state index contributed by atoms with van der Waals surface area (Å²) in [6, 6.07) is 43.6. The summed E-state index contributed by atoms with van der Waals surface area (Å²) < 4.78 is 0. The monoisotopic (exact) mass is 479 g/mol. The largest absolute Gasteiger partial charge is 0.248 e. The minimum atomic E-state index is -2.06. The fourth-order valence-electron chi connectivity index (χ4n) is 4.57. The quantitative estimate of drug-likeness (QED) is 0.280. The van der Waals surface area contributed by atoms with Crippen LogP contribution in [-0.4, -0.2) is 23.1 Å². The van der Waals surface area contributed by atoms with Crippen molar-refractivity contribution in [3.8, 4) is 0 Å². The summed E-state index contributed by atoms with van der Waals surface area (Å²) in [6.45, 7) is 2.06. The molecule has 4 aromatic carbocycles. The van der Waals surface area contributed by atoms with E-state index < -0.39 is 12.3 Å². The van der Waals surface area contributed by atoms with Crippen LogP contribution in [-0.2, 0) is 5.75 Å². The van der Waals surface area contributed by atoms with Crippen LogP contribution < -0.4 is 15.9 Å². The molecule has 0 N–H and O–H groups in total. The molecule has 0 aliphatic carbocycles. The van der Waals surface area contributed by atoms with Gasteiger partial charge in [0.25, 0.3) is 0 Å². The maximum Gasteiger partial charge on any atom is 0.232 e. The summed E-state index contributed by atoms with van der Waals surface area (Å²) in [6.07, 6.45) is 2.79. The van der Waals surface area contributed by atoms with Crippen LogP contribution in [0.2, 0.25) is 0 Å². The van der Waals surface area contributed by atoms with Crippen LogP contribution in [0, 0.1) is 0 Å². The minimum Gasteiger partial charge on any atom is -0.248 e. The Bertz CT molecular complexity index is 1180. The smallest absolute Gasteiger partial charge is 0.232 e. The van der Waals surface area contributed by atoms with Crippen LogP contribution in [0.4, 0.5) is 0 Å². The molecule has 0 amide bonds. The van der Waals surface area contributed by atoms with Crippen molar-refractivity contribution in [1.29, 1.82) is 0 Å². The van der Waals surface area contributed by atoms with Gasteiger partial charge in [0, 0.05) is 12.0 Å². The van der Waals surface area contributed by atoms with Crippen molar-refractivity contribution in [3.05, 3.63) is 127 Å². The Kier molecular flexibility index (Phi) is 6.76. The zero-order chi connectivity index (χ0) is 23.3. The summed E-state index contributed by atoms with van der Waals surface area (Å²) in [4.78, 5) is 9.71. The molecule has 0 fully saturated rings. The Balaban J connectivity index is 1.67. The SMILES string of the molecule is CC1=NC(C[P+](c2ccccc2)(c2ccccc2)c2ccccc2)(SCc2ccccc2)N=C1. The number of aliphatic imine (C=N–C) groups is 2. The molecule has 168 valence electrons. The van der Waals surface area contributed by atoms with Crippen molar-refractivity contribution in [2.45, 2.75) is 17.7 Å². The first-order valence-corrected chi connectivity index (χ1v) is 14.5. The van der Waals surface area contributed by atoms with Gasteiger partial charge >= 0.3 is 0 Å². The lowest BCUT2D eigenvalue weighted by atomic mass is 10.2. The van der Waals surface area contributed by atoms with Crippen molar-refractivity contribution in [1.82, 2.24) is 0 Å². The highest BCUT2D eigenvalue weighted by molar-refractivity contribution is 8.02. The van der Waals surface area contributed by atoms with Crippen LogP contribution >= 0.6 is 19.0 Å². The number of rotatable bonds is 8. The van der Waals surface area contributed by atoms with E-state index in [-0.39, 0.29) is 0 Å². The predicted molar refractivity (Wildman–Crippen MR) is 152 cm³/mol. The van der Waals surface area contributed by atoms with Gasteiger partial charge in [-0.1, -0.05) is 96.7 Å². The first kappa shape index (κ1) is 22.8. The van der Waals surface area contributed by atoms with Gasteiger partial charge in [-0.05, 0) is 48.9 Å². The molecular weight excluding hydrogens is 451 g/mol. The van der Waals surface area contributed by atoms with E-state index in [9.17, 15) is 0 Å². The molecule has 2 nitrogen and oxygen atoms in total. The summed E-state index contributed by atoms with van der Waals surface area (Å²) in [5.74, 6) is 0.868. The first-order chi connectivity index (χ1) is 16.7. The maximum atomic E-state index is 5.18. The lowest BCUT2D eigenvalue weighted by Gasteiger charge is -2.33. The molecule has 0 radical (unpaired) electrons. The highest BCUT2D eigenvalue weighted by atomic mass is 32.2. The third kappa shape index (κ3) is 4.64. The van der Waals surface area contributed by atoms with Gasteiger partial charge in [-0.3, -0.25) is 0 Å². The molecule has 1 aliphatic rings. The molecule has 0 saturated heterocycles. The fraction of sp³-hybridized carbons (Fsp3) is 0.133. The highest BCUT2D eigenvalue weighted by Gasteiger charge is 2.53. The van der Waals surface area contributed by atoms with Gasteiger partial charge in [-0.25, -0.2) is 9.98 Å². The van der Waals surface area contributed by atoms with Gasteiger partial charge in [-0.2, -0.15) is 0 Å². The average Bonchev–Trinajstić information content (AvgIpc) is 3.28. The Labute approximate surface area is 207 Å². The molecule has 0 aromatic heterocycles. The van der Waals surface area contributed by atoms with E-state index in [4.69, 9.17) is 9.98 Å². The summed E-state index contributed by atoms with van der Waals surface area (Å²) in [5, 5.41) is 4.09. The van der Waals surface area contributed by atoms with Crippen LogP contribution in [0.15, 0.2) is 131 Å². The van der Waals surface area contributed by atoms with Gasteiger partial charge in [0.05, 0.1) is 5.71 Å². The summed E-state index contributed by atoms with van der Waals surface area (Å²) >= 11 is 1.84. The Hall–Kier alpha value is -3.00. The number of nitrogens with zero attached hydrogens (tertiary/aromatic N) is 2. The molecule has 1 unspecified atom stereocenters. The molecule has 1 heterocycles. The zero-order valence-corrected chi connectivity index (χ0v) is 21.0. The van der Waals surface area contributed by atoms with Gasteiger partial charge in [0.15, 0.2) is 0 Å². The molecule has 4 aromatic rings. The van der Waals surface area contributed by atoms with Crippen molar-refractivity contribution in [2.75, 3.05) is 6.16 Å². The van der Waals surface area contributed by atoms with E-state index >= 15 is 0 Å². The molecule has 4 heteroatoms. The number of hydrogen-bond donors (Lipinski definition) is 0. The summed E-state index contributed by atoms with van der Waals surface area (Å²) in [7, 11) is -2.06. The molecule has 34 heavy (non-hydrogen) atoms. The second-order valence-electron chi connectivity index (χ2n) is 8.50. The molecule has 1 atom stereocenters. The molecule has 0 saturated carbocycles. The Morgan fingerprint density at radius 3 is 1.50 bits per heavy atom. The standard InChI is InChI=1S/C30H28N2PS/c1-25-22-31-30(32-25,34-23-26-14-6-2-7-15-26)24-33(27-16-8-3-9-17-27,28-18-10-4-11-19-28)29-20-12-5-13-21-29/h2-22H,23-24H2,1H3/q+1. The predicted octanol–water partition coefficient (Wildman–Crippen LogP) is 6.11. The average molecular weight is 480 g/mol. The van der Waals surface area contributed by atoms with Crippen molar-refractivity contribution in [2.24, 2.45) is 9.98 Å². The van der Waals surface area contributed by atoms with E-state index in [0.29, 0.717) is 0 Å². The Morgan fingerprint density at radius 2 is 1.09 bits per heavy atom. The maximum absolute atomic E-state index is 5.18. The van der Waals surface area contributed by atoms with Crippen LogP contribution in [0.1, 0.15) is 12.5 Å². The van der Waals surface area contributed by atoms with Crippen molar-refractivity contribution < 1.29 is 0 Å². The van der Waals surface area contributed by atoms with E-state index in [0.717, 1.165) is 17.6 Å². The molecule has 0 bridgehead atoms. The number of thioether (sulfide) groups is 1. The highest BCUT2D eigenvalue weighted by Crippen LogP contribution is 2.60. The zero-order valence-electron chi connectivity index (χ0n) is 19.3. The summed E-state index contributed by atoms with van der Waals surface area (Å²) in [5.41, 5.74) is 2.29.